The molecule has 5 nitrogen and oxygen atoms in total. The van der Waals surface area contributed by atoms with Crippen LogP contribution in [-0.4, -0.2) is 26.2 Å². The highest BCUT2D eigenvalue weighted by atomic mass is 32.2. The third kappa shape index (κ3) is 3.79. The third-order valence-electron chi connectivity index (χ3n) is 3.61. The largest absolute Gasteiger partial charge is 0.393 e. The van der Waals surface area contributed by atoms with Crippen molar-refractivity contribution < 1.29 is 13.5 Å². The predicted molar refractivity (Wildman–Crippen MR) is 74.3 cm³/mol. The SMILES string of the molecule is N#Cc1ccc(S(=O)(=O)NCC2CCCC(O)C2)cc1. The Kier molecular flexibility index (Phi) is 4.76. The molecule has 0 amide bonds. The van der Waals surface area contributed by atoms with Crippen LogP contribution >= 0.6 is 0 Å². The standard InChI is InChI=1S/C14H18N2O3S/c15-9-11-4-6-14(7-5-11)20(18,19)16-10-12-2-1-3-13(17)8-12/h4-7,12-13,16-17H,1-3,8,10H2. The molecular formula is C14H18N2O3S. The zero-order valence-corrected chi connectivity index (χ0v) is 11.9. The molecule has 1 aliphatic rings. The van der Waals surface area contributed by atoms with Crippen LogP contribution in [-0.2, 0) is 10.0 Å². The van der Waals surface area contributed by atoms with Gasteiger partial charge in [-0.15, -0.1) is 0 Å². The van der Waals surface area contributed by atoms with Crippen LogP contribution in [0.2, 0.25) is 0 Å². The van der Waals surface area contributed by atoms with Crippen molar-refractivity contribution in [3.8, 4) is 6.07 Å². The molecule has 0 aromatic heterocycles. The summed E-state index contributed by atoms with van der Waals surface area (Å²) in [5.74, 6) is 0.187. The van der Waals surface area contributed by atoms with Crippen molar-refractivity contribution in [2.75, 3.05) is 6.54 Å². The summed E-state index contributed by atoms with van der Waals surface area (Å²) in [6.07, 6.45) is 3.01. The quantitative estimate of drug-likeness (QED) is 0.878. The minimum Gasteiger partial charge on any atom is -0.393 e. The lowest BCUT2D eigenvalue weighted by molar-refractivity contribution is 0.102. The summed E-state index contributed by atoms with van der Waals surface area (Å²) in [4.78, 5) is 0.160. The van der Waals surface area contributed by atoms with Gasteiger partial charge in [0.1, 0.15) is 0 Å². The molecule has 0 saturated heterocycles. The number of rotatable bonds is 4. The molecular weight excluding hydrogens is 276 g/mol. The first kappa shape index (κ1) is 15.0. The fourth-order valence-electron chi connectivity index (χ4n) is 2.47. The Morgan fingerprint density at radius 3 is 2.60 bits per heavy atom. The molecule has 0 spiro atoms. The van der Waals surface area contributed by atoms with Gasteiger partial charge in [0.05, 0.1) is 22.6 Å². The molecule has 2 N–H and O–H groups in total. The van der Waals surface area contributed by atoms with Gasteiger partial charge in [0, 0.05) is 6.54 Å². The van der Waals surface area contributed by atoms with E-state index in [0.29, 0.717) is 18.5 Å². The second-order valence-electron chi connectivity index (χ2n) is 5.17. The minimum atomic E-state index is -3.54. The van der Waals surface area contributed by atoms with Gasteiger partial charge in [-0.25, -0.2) is 13.1 Å². The van der Waals surface area contributed by atoms with Crippen LogP contribution in [0.25, 0.3) is 0 Å². The van der Waals surface area contributed by atoms with Gasteiger partial charge in [-0.05, 0) is 49.4 Å². The Hall–Kier alpha value is -1.42. The van der Waals surface area contributed by atoms with Crippen molar-refractivity contribution in [3.05, 3.63) is 29.8 Å². The highest BCUT2D eigenvalue weighted by molar-refractivity contribution is 7.89. The highest BCUT2D eigenvalue weighted by Gasteiger charge is 2.22. The van der Waals surface area contributed by atoms with Gasteiger partial charge in [-0.1, -0.05) is 6.42 Å². The number of hydrogen-bond acceptors (Lipinski definition) is 4. The van der Waals surface area contributed by atoms with Crippen LogP contribution in [0, 0.1) is 17.2 Å². The van der Waals surface area contributed by atoms with Gasteiger partial charge in [-0.3, -0.25) is 0 Å². The van der Waals surface area contributed by atoms with Crippen molar-refractivity contribution in [2.45, 2.75) is 36.7 Å². The van der Waals surface area contributed by atoms with Crippen LogP contribution in [0.15, 0.2) is 29.2 Å². The highest BCUT2D eigenvalue weighted by Crippen LogP contribution is 2.24. The Morgan fingerprint density at radius 2 is 2.00 bits per heavy atom. The van der Waals surface area contributed by atoms with Crippen LogP contribution in [0.1, 0.15) is 31.2 Å². The second kappa shape index (κ2) is 6.35. The van der Waals surface area contributed by atoms with Crippen molar-refractivity contribution in [3.63, 3.8) is 0 Å². The van der Waals surface area contributed by atoms with E-state index in [0.717, 1.165) is 19.3 Å². The van der Waals surface area contributed by atoms with Gasteiger partial charge in [0.25, 0.3) is 0 Å². The van der Waals surface area contributed by atoms with E-state index in [1.165, 1.54) is 24.3 Å². The first-order valence-electron chi connectivity index (χ1n) is 6.69. The maximum absolute atomic E-state index is 12.1. The summed E-state index contributed by atoms with van der Waals surface area (Å²) in [5.41, 5.74) is 0.430. The van der Waals surface area contributed by atoms with E-state index >= 15 is 0 Å². The van der Waals surface area contributed by atoms with Crippen molar-refractivity contribution in [1.29, 1.82) is 5.26 Å². The molecule has 20 heavy (non-hydrogen) atoms. The van der Waals surface area contributed by atoms with E-state index in [2.05, 4.69) is 4.72 Å². The zero-order valence-electron chi connectivity index (χ0n) is 11.1. The number of nitriles is 1. The molecule has 2 atom stereocenters. The molecule has 1 saturated carbocycles. The molecule has 1 aromatic carbocycles. The van der Waals surface area contributed by atoms with Crippen LogP contribution in [0.4, 0.5) is 0 Å². The summed E-state index contributed by atoms with van der Waals surface area (Å²) in [7, 11) is -3.54. The van der Waals surface area contributed by atoms with Crippen LogP contribution in [0.5, 0.6) is 0 Å². The number of nitrogens with zero attached hydrogens (tertiary/aromatic N) is 1. The van der Waals surface area contributed by atoms with Gasteiger partial charge in [-0.2, -0.15) is 5.26 Å². The van der Waals surface area contributed by atoms with Crippen molar-refractivity contribution in [1.82, 2.24) is 4.72 Å². The average Bonchev–Trinajstić information content (AvgIpc) is 2.45. The van der Waals surface area contributed by atoms with E-state index in [1.807, 2.05) is 6.07 Å². The molecule has 1 aromatic rings. The van der Waals surface area contributed by atoms with Gasteiger partial charge in [0.15, 0.2) is 0 Å². The topological polar surface area (TPSA) is 90.2 Å². The average molecular weight is 294 g/mol. The summed E-state index contributed by atoms with van der Waals surface area (Å²) in [5, 5.41) is 18.3. The lowest BCUT2D eigenvalue weighted by atomic mass is 9.87. The summed E-state index contributed by atoms with van der Waals surface area (Å²) >= 11 is 0. The maximum Gasteiger partial charge on any atom is 0.240 e. The Balaban J connectivity index is 1.98. The number of aliphatic hydroxyl groups excluding tert-OH is 1. The summed E-state index contributed by atoms with van der Waals surface area (Å²) in [6.45, 7) is 0.347. The van der Waals surface area contributed by atoms with Crippen molar-refractivity contribution in [2.24, 2.45) is 5.92 Å². The molecule has 0 radical (unpaired) electrons. The molecule has 2 unspecified atom stereocenters. The van der Waals surface area contributed by atoms with Gasteiger partial charge >= 0.3 is 0 Å². The van der Waals surface area contributed by atoms with Crippen LogP contribution < -0.4 is 4.72 Å². The monoisotopic (exact) mass is 294 g/mol. The fraction of sp³-hybridized carbons (Fsp3) is 0.500. The minimum absolute atomic E-state index is 0.160. The molecule has 0 aliphatic heterocycles. The zero-order chi connectivity index (χ0) is 14.6. The lowest BCUT2D eigenvalue weighted by Crippen LogP contribution is -2.33. The maximum atomic E-state index is 12.1. The van der Waals surface area contributed by atoms with Gasteiger partial charge in [0.2, 0.25) is 10.0 Å². The van der Waals surface area contributed by atoms with Gasteiger partial charge < -0.3 is 5.11 Å². The second-order valence-corrected chi connectivity index (χ2v) is 6.94. The number of hydrogen-bond donors (Lipinski definition) is 2. The number of sulfonamides is 1. The molecule has 1 aliphatic carbocycles. The van der Waals surface area contributed by atoms with E-state index in [4.69, 9.17) is 5.26 Å². The Morgan fingerprint density at radius 1 is 1.30 bits per heavy atom. The number of nitrogens with one attached hydrogen (secondary N) is 1. The number of benzene rings is 1. The third-order valence-corrected chi connectivity index (χ3v) is 5.05. The molecule has 1 fully saturated rings. The first-order valence-corrected chi connectivity index (χ1v) is 8.17. The van der Waals surface area contributed by atoms with E-state index < -0.39 is 10.0 Å². The predicted octanol–water partition coefficient (Wildman–Crippen LogP) is 1.39. The lowest BCUT2D eigenvalue weighted by Gasteiger charge is -2.25. The molecule has 6 heteroatoms. The fourth-order valence-corrected chi connectivity index (χ4v) is 3.58. The van der Waals surface area contributed by atoms with Crippen LogP contribution in [0.3, 0.4) is 0 Å². The van der Waals surface area contributed by atoms with E-state index in [-0.39, 0.29) is 16.9 Å². The number of aliphatic hydroxyl groups is 1. The molecule has 0 heterocycles. The summed E-state index contributed by atoms with van der Waals surface area (Å²) in [6, 6.07) is 7.78. The van der Waals surface area contributed by atoms with Crippen molar-refractivity contribution >= 4 is 10.0 Å². The normalized spacial score (nSPS) is 23.2. The Labute approximate surface area is 119 Å². The smallest absolute Gasteiger partial charge is 0.240 e. The first-order chi connectivity index (χ1) is 9.51. The van der Waals surface area contributed by atoms with E-state index in [9.17, 15) is 13.5 Å². The molecule has 108 valence electrons. The summed E-state index contributed by atoms with van der Waals surface area (Å²) < 4.78 is 26.8. The molecule has 0 bridgehead atoms. The van der Waals surface area contributed by atoms with E-state index in [1.54, 1.807) is 0 Å². The Bertz CT molecular complexity index is 590. The molecule has 2 rings (SSSR count).